The lowest BCUT2D eigenvalue weighted by atomic mass is 10.1. The molecule has 0 aliphatic heterocycles. The number of thiophene rings is 1. The quantitative estimate of drug-likeness (QED) is 0.537. The molecule has 0 saturated heterocycles. The van der Waals surface area contributed by atoms with Crippen molar-refractivity contribution in [1.29, 1.82) is 0 Å². The van der Waals surface area contributed by atoms with Crippen LogP contribution in [0.5, 0.6) is 0 Å². The smallest absolute Gasteiger partial charge is 0.359 e. The molecule has 0 spiro atoms. The van der Waals surface area contributed by atoms with Crippen LogP contribution in [0, 0.1) is 6.92 Å². The van der Waals surface area contributed by atoms with E-state index >= 15 is 0 Å². The maximum absolute atomic E-state index is 12.3. The predicted molar refractivity (Wildman–Crippen MR) is 90.7 cm³/mol. The Balaban J connectivity index is 1.85. The highest BCUT2D eigenvalue weighted by molar-refractivity contribution is 7.14. The minimum absolute atomic E-state index is 0.0165. The largest absolute Gasteiger partial charge is 0.452 e. The van der Waals surface area contributed by atoms with Gasteiger partial charge in [-0.25, -0.2) is 9.48 Å². The Morgan fingerprint density at radius 2 is 1.88 bits per heavy atom. The Labute approximate surface area is 141 Å². The molecule has 0 aliphatic carbocycles. The molecular formula is C17H14N2O4S. The standard InChI is InChI=1S/C17H14N2O4S/c1-10-7-8-14(24-10)13(20)9-23-17(22)15-11-5-3-4-6-12(11)16(21)19(2)18-15/h3-8H,9H2,1-2H3. The molecule has 122 valence electrons. The van der Waals surface area contributed by atoms with E-state index in [1.54, 1.807) is 30.3 Å². The number of rotatable bonds is 4. The van der Waals surface area contributed by atoms with E-state index in [4.69, 9.17) is 4.74 Å². The Morgan fingerprint density at radius 3 is 2.54 bits per heavy atom. The Morgan fingerprint density at radius 1 is 1.17 bits per heavy atom. The molecule has 2 heterocycles. The number of ketones is 1. The first-order chi connectivity index (χ1) is 11.5. The minimum atomic E-state index is -0.733. The van der Waals surface area contributed by atoms with Gasteiger partial charge in [-0.15, -0.1) is 11.3 Å². The van der Waals surface area contributed by atoms with Gasteiger partial charge in [0.25, 0.3) is 5.56 Å². The zero-order valence-corrected chi connectivity index (χ0v) is 13.9. The molecule has 3 aromatic rings. The van der Waals surface area contributed by atoms with Crippen molar-refractivity contribution in [3.8, 4) is 0 Å². The molecule has 0 saturated carbocycles. The molecule has 0 bridgehead atoms. The molecule has 0 atom stereocenters. The van der Waals surface area contributed by atoms with E-state index in [9.17, 15) is 14.4 Å². The maximum Gasteiger partial charge on any atom is 0.359 e. The van der Waals surface area contributed by atoms with Crippen molar-refractivity contribution in [3.63, 3.8) is 0 Å². The van der Waals surface area contributed by atoms with Crippen LogP contribution < -0.4 is 5.56 Å². The van der Waals surface area contributed by atoms with Gasteiger partial charge in [0.05, 0.1) is 10.3 Å². The van der Waals surface area contributed by atoms with Crippen LogP contribution in [0.2, 0.25) is 0 Å². The van der Waals surface area contributed by atoms with Gasteiger partial charge < -0.3 is 4.74 Å². The van der Waals surface area contributed by atoms with E-state index in [2.05, 4.69) is 5.10 Å². The summed E-state index contributed by atoms with van der Waals surface area (Å²) in [5.41, 5.74) is -0.282. The van der Waals surface area contributed by atoms with E-state index < -0.39 is 5.97 Å². The molecule has 0 fully saturated rings. The van der Waals surface area contributed by atoms with Gasteiger partial charge in [0, 0.05) is 17.3 Å². The van der Waals surface area contributed by atoms with Gasteiger partial charge >= 0.3 is 5.97 Å². The van der Waals surface area contributed by atoms with Crippen LogP contribution in [-0.2, 0) is 11.8 Å². The van der Waals surface area contributed by atoms with Crippen molar-refractivity contribution in [2.75, 3.05) is 6.61 Å². The summed E-state index contributed by atoms with van der Waals surface area (Å²) in [6.07, 6.45) is 0. The number of benzene rings is 1. The van der Waals surface area contributed by atoms with Crippen molar-refractivity contribution in [2.24, 2.45) is 7.05 Å². The number of carbonyl (C=O) groups is 2. The van der Waals surface area contributed by atoms with E-state index in [1.807, 2.05) is 13.0 Å². The molecule has 0 aliphatic rings. The first-order valence-corrected chi connectivity index (χ1v) is 8.02. The summed E-state index contributed by atoms with van der Waals surface area (Å²) in [6, 6.07) is 10.2. The average molecular weight is 342 g/mol. The second-order valence-electron chi connectivity index (χ2n) is 5.23. The highest BCUT2D eigenvalue weighted by Crippen LogP contribution is 2.17. The van der Waals surface area contributed by atoms with Crippen molar-refractivity contribution in [2.45, 2.75) is 6.92 Å². The topological polar surface area (TPSA) is 78.3 Å². The van der Waals surface area contributed by atoms with Crippen molar-refractivity contribution < 1.29 is 14.3 Å². The third kappa shape index (κ3) is 2.98. The number of aromatic nitrogens is 2. The number of fused-ring (bicyclic) bond motifs is 1. The molecule has 3 rings (SSSR count). The first kappa shape index (κ1) is 16.1. The number of Topliss-reactive ketones (excluding diaryl/α,β-unsaturated/α-hetero) is 1. The lowest BCUT2D eigenvalue weighted by Gasteiger charge is -2.07. The van der Waals surface area contributed by atoms with Crippen LogP contribution in [0.15, 0.2) is 41.2 Å². The summed E-state index contributed by atoms with van der Waals surface area (Å²) in [5, 5.41) is 4.76. The second-order valence-corrected chi connectivity index (χ2v) is 6.52. The van der Waals surface area contributed by atoms with Crippen molar-refractivity contribution >= 4 is 33.9 Å². The van der Waals surface area contributed by atoms with Crippen molar-refractivity contribution in [3.05, 3.63) is 62.2 Å². The molecule has 0 radical (unpaired) electrons. The van der Waals surface area contributed by atoms with Crippen LogP contribution in [0.3, 0.4) is 0 Å². The number of hydrogen-bond donors (Lipinski definition) is 0. The number of ether oxygens (including phenoxy) is 1. The molecule has 2 aromatic heterocycles. The number of carbonyl (C=O) groups excluding carboxylic acids is 2. The third-order valence-corrected chi connectivity index (χ3v) is 4.54. The number of aryl methyl sites for hydroxylation is 2. The van der Waals surface area contributed by atoms with Crippen LogP contribution in [0.25, 0.3) is 10.8 Å². The fourth-order valence-electron chi connectivity index (χ4n) is 2.31. The van der Waals surface area contributed by atoms with Gasteiger partial charge in [0.1, 0.15) is 0 Å². The zero-order valence-electron chi connectivity index (χ0n) is 13.1. The molecule has 7 heteroatoms. The van der Waals surface area contributed by atoms with Gasteiger partial charge in [0.15, 0.2) is 12.3 Å². The summed E-state index contributed by atoms with van der Waals surface area (Å²) in [5.74, 6) is -1.00. The molecule has 1 aromatic carbocycles. The predicted octanol–water partition coefficient (Wildman–Crippen LogP) is 2.34. The molecule has 0 N–H and O–H groups in total. The molecule has 6 nitrogen and oxygen atoms in total. The summed E-state index contributed by atoms with van der Waals surface area (Å²) in [4.78, 5) is 38.0. The number of nitrogens with zero attached hydrogens (tertiary/aromatic N) is 2. The molecule has 0 unspecified atom stereocenters. The highest BCUT2D eigenvalue weighted by Gasteiger charge is 2.19. The van der Waals surface area contributed by atoms with E-state index in [1.165, 1.54) is 18.4 Å². The highest BCUT2D eigenvalue weighted by atomic mass is 32.1. The summed E-state index contributed by atoms with van der Waals surface area (Å²) in [7, 11) is 1.46. The SMILES string of the molecule is Cc1ccc(C(=O)COC(=O)c2nn(C)c(=O)c3ccccc23)s1. The van der Waals surface area contributed by atoms with Crippen LogP contribution in [0.4, 0.5) is 0 Å². The monoisotopic (exact) mass is 342 g/mol. The Kier molecular flexibility index (Phi) is 4.26. The summed E-state index contributed by atoms with van der Waals surface area (Å²) in [6.45, 7) is 1.53. The van der Waals surface area contributed by atoms with Crippen LogP contribution in [0.1, 0.15) is 25.0 Å². The first-order valence-electron chi connectivity index (χ1n) is 7.20. The second kappa shape index (κ2) is 6.37. The molecule has 0 amide bonds. The Hall–Kier alpha value is -2.80. The van der Waals surface area contributed by atoms with Gasteiger partial charge in [-0.05, 0) is 25.1 Å². The lowest BCUT2D eigenvalue weighted by Crippen LogP contribution is -2.24. The summed E-state index contributed by atoms with van der Waals surface area (Å²) >= 11 is 1.35. The van der Waals surface area contributed by atoms with Gasteiger partial charge in [-0.2, -0.15) is 5.10 Å². The van der Waals surface area contributed by atoms with E-state index in [0.717, 1.165) is 9.56 Å². The molecule has 24 heavy (non-hydrogen) atoms. The summed E-state index contributed by atoms with van der Waals surface area (Å²) < 4.78 is 6.18. The zero-order chi connectivity index (χ0) is 17.3. The fourth-order valence-corrected chi connectivity index (χ4v) is 3.10. The Bertz CT molecular complexity index is 1000. The minimum Gasteiger partial charge on any atom is -0.452 e. The lowest BCUT2D eigenvalue weighted by molar-refractivity contribution is 0.0470. The van der Waals surface area contributed by atoms with Gasteiger partial charge in [0.2, 0.25) is 5.78 Å². The van der Waals surface area contributed by atoms with Gasteiger partial charge in [-0.3, -0.25) is 9.59 Å². The van der Waals surface area contributed by atoms with E-state index in [0.29, 0.717) is 15.6 Å². The van der Waals surface area contributed by atoms with Gasteiger partial charge in [-0.1, -0.05) is 18.2 Å². The number of hydrogen-bond acceptors (Lipinski definition) is 6. The fraction of sp³-hybridized carbons (Fsp3) is 0.176. The van der Waals surface area contributed by atoms with Crippen LogP contribution >= 0.6 is 11.3 Å². The molecular weight excluding hydrogens is 328 g/mol. The normalized spacial score (nSPS) is 10.8. The van der Waals surface area contributed by atoms with E-state index in [-0.39, 0.29) is 23.6 Å². The van der Waals surface area contributed by atoms with Crippen LogP contribution in [-0.4, -0.2) is 28.1 Å². The third-order valence-electron chi connectivity index (χ3n) is 3.50. The maximum atomic E-state index is 12.3. The van der Waals surface area contributed by atoms with Crippen molar-refractivity contribution in [1.82, 2.24) is 9.78 Å². The number of esters is 1. The average Bonchev–Trinajstić information content (AvgIpc) is 3.02.